The Labute approximate surface area is 798 Å². The molecule has 137 heavy (non-hydrogen) atoms. The first-order chi connectivity index (χ1) is 65.1. The lowest BCUT2D eigenvalue weighted by Crippen LogP contribution is -2.63. The molecular formula is C113H121N3O21. The Bertz CT molecular complexity index is 5990. The molecule has 0 aromatic heterocycles. The van der Waals surface area contributed by atoms with E-state index in [4.69, 9.17) is 35.2 Å². The second kappa shape index (κ2) is 37.0. The Morgan fingerprint density at radius 2 is 0.818 bits per heavy atom. The number of rotatable bonds is 10. The average molecular weight is 1860 g/mol. The van der Waals surface area contributed by atoms with Crippen molar-refractivity contribution in [2.75, 3.05) is 36.6 Å². The second-order valence-corrected chi connectivity index (χ2v) is 42.2. The number of aliphatic hydroxyl groups excluding tert-OH is 7. The number of hydrogen-bond acceptors (Lipinski definition) is 23. The number of hydrogen-bond donors (Lipinski definition) is 11. The van der Waals surface area contributed by atoms with Crippen LogP contribution in [-0.4, -0.2) is 167 Å². The number of nitrogens with two attached hydrogens (primary N) is 2. The SMILES string of the molecule is CC(C)(C)OC(=O)Nc1cccc(C#Cc2ccc(C=O)cc2)c1.C[C@]12C=CC(=O)C=C1CC[C@@H]1[C@@H]2[C@@H](O)C[C@@]2(C)[C@H]1C[C@@H](O)[C@]2(O)C(=O)CO.C[C@]12C=CC(=O)C=C1CC[C@@H]1[C@@H]2[C@@H](O)C[C@@]2(C)[C@H]1C[C@H]1O[C@@H](c3ccc(C#Cc4cccc(N)c4)cc3)O[C@]12C(=O)CO.C[C@]12C=CC(=O)C=C1CC[C@@H]1[C@@H]2[C@@H](O)C[C@@]2(C)[C@H]1C[C@H]1O[C@H](c3ccc(C#Cc4cccc(N)c4)cc3)O[C@]12C(=O)CO. The van der Waals surface area contributed by atoms with Crippen LogP contribution < -0.4 is 16.8 Å². The van der Waals surface area contributed by atoms with Crippen LogP contribution in [0.5, 0.6) is 0 Å². The molecule has 20 rings (SSSR count). The summed E-state index contributed by atoms with van der Waals surface area (Å²) in [5.74, 6) is 16.9. The lowest BCUT2D eigenvalue weighted by Gasteiger charge is -2.59. The zero-order chi connectivity index (χ0) is 97.7. The number of aldehydes is 1. The minimum atomic E-state index is -2.05. The summed E-state index contributed by atoms with van der Waals surface area (Å²) in [5.41, 5.74) is 14.8. The molecule has 6 aromatic carbocycles. The second-order valence-electron chi connectivity index (χ2n) is 42.2. The van der Waals surface area contributed by atoms with Gasteiger partial charge in [0.15, 0.2) is 64.1 Å². The van der Waals surface area contributed by atoms with E-state index in [1.165, 1.54) is 0 Å². The number of carbonyl (C=O) groups excluding carboxylic acids is 8. The van der Waals surface area contributed by atoms with Crippen molar-refractivity contribution in [3.05, 3.63) is 267 Å². The van der Waals surface area contributed by atoms with Crippen LogP contribution in [0.25, 0.3) is 0 Å². The maximum absolute atomic E-state index is 13.7. The van der Waals surface area contributed by atoms with Crippen LogP contribution in [-0.2, 0) is 52.5 Å². The van der Waals surface area contributed by atoms with Gasteiger partial charge in [0.2, 0.25) is 0 Å². The summed E-state index contributed by atoms with van der Waals surface area (Å²) >= 11 is 0. The molecule has 1 amide bonds. The summed E-state index contributed by atoms with van der Waals surface area (Å²) in [6, 6.07) is 44.2. The van der Waals surface area contributed by atoms with Crippen LogP contribution in [0.15, 0.2) is 217 Å². The van der Waals surface area contributed by atoms with Crippen molar-refractivity contribution in [1.29, 1.82) is 0 Å². The molecule has 2 heterocycles. The van der Waals surface area contributed by atoms with Crippen molar-refractivity contribution in [1.82, 2.24) is 0 Å². The van der Waals surface area contributed by atoms with Gasteiger partial charge < -0.3 is 76.0 Å². The van der Waals surface area contributed by atoms with Crippen LogP contribution in [0.1, 0.15) is 207 Å². The molecular weight excluding hydrogens is 1740 g/mol. The van der Waals surface area contributed by atoms with E-state index < -0.39 is 147 Å². The number of Topliss-reactive ketones (excluding diaryl/α,β-unsaturated/α-hetero) is 3. The summed E-state index contributed by atoms with van der Waals surface area (Å²) in [4.78, 5) is 98.4. The first kappa shape index (κ1) is 97.2. The van der Waals surface area contributed by atoms with Crippen molar-refractivity contribution < 1.29 is 103 Å². The van der Waals surface area contributed by atoms with Crippen molar-refractivity contribution in [3.63, 3.8) is 0 Å². The van der Waals surface area contributed by atoms with Crippen molar-refractivity contribution >= 4 is 64.1 Å². The topological polar surface area (TPSA) is 409 Å². The number of aliphatic hydroxyl groups is 8. The summed E-state index contributed by atoms with van der Waals surface area (Å²) in [6.45, 7) is 15.4. The number of nitrogen functional groups attached to an aromatic ring is 2. The Hall–Kier alpha value is -11.5. The van der Waals surface area contributed by atoms with Crippen molar-refractivity contribution in [3.8, 4) is 35.5 Å². The highest BCUT2D eigenvalue weighted by Gasteiger charge is 2.79. The van der Waals surface area contributed by atoms with Crippen LogP contribution in [0, 0.1) is 121 Å². The molecule has 0 bridgehead atoms. The molecule has 714 valence electrons. The standard InChI is InChI=1S/2C36H37NO6.C21H28O6.C20H19NO3/c2*1-34-15-14-26(39)17-24(34)12-13-27-28-18-31-36(30(41)20-38,35(28,2)19-29(40)32(27)34)43-33(42-31)23-10-8-21(9-11-23)6-7-22-4-3-5-25(37)16-22;1-19-6-5-12(23)7-11(19)3-4-13-14-8-16(25)21(27,17(26)10-22)20(14,2)9-15(24)18(13)19;1-20(2,3)24-19(23)21-18-6-4-5-16(13-18)10-7-15-8-11-17(14-22)12-9-15/h2*3-5,8-11,14-17,27-29,31-33,38,40H,12-13,18-20,37H2,1-2H3;5-7,13-16,18,22,24-25,27H,3-4,8-10H2,1-2H3;4-6,8-9,11-14H,1-3H3,(H,21,23)/t27-,28-,29-,31+,32+,33+,34-,35-,36+;27-,28-,29-,31+,32+,33-,34-,35-,36+;13-,14-,15-,16+,18+,19-,20-,21-;/m000./s1. The number of allylic oxidation sites excluding steroid dienone is 12. The fourth-order valence-corrected chi connectivity index (χ4v) is 27.5. The minimum Gasteiger partial charge on any atom is -0.444 e. The number of ketones is 6. The molecule has 2 saturated heterocycles. The van der Waals surface area contributed by atoms with Gasteiger partial charge in [0.05, 0.1) is 36.6 Å². The molecule has 11 fully saturated rings. The molecule has 24 nitrogen and oxygen atoms in total. The molecule has 9 saturated carbocycles. The Morgan fingerprint density at radius 1 is 0.467 bits per heavy atom. The third-order valence-electron chi connectivity index (χ3n) is 33.6. The molecule has 24 heteroatoms. The highest BCUT2D eigenvalue weighted by molar-refractivity contribution is 6.03. The summed E-state index contributed by atoms with van der Waals surface area (Å²) in [6.07, 6.45) is 17.0. The Kier molecular flexibility index (Phi) is 26.3. The predicted octanol–water partition coefficient (Wildman–Crippen LogP) is 13.3. The van der Waals surface area contributed by atoms with Gasteiger partial charge in [-0.2, -0.15) is 0 Å². The first-order valence-electron chi connectivity index (χ1n) is 47.6. The summed E-state index contributed by atoms with van der Waals surface area (Å²) in [7, 11) is 0. The van der Waals surface area contributed by atoms with Crippen LogP contribution in [0.4, 0.5) is 21.9 Å². The number of ether oxygens (including phenoxy) is 5. The third kappa shape index (κ3) is 17.0. The monoisotopic (exact) mass is 1860 g/mol. The van der Waals surface area contributed by atoms with Crippen molar-refractivity contribution in [2.24, 2.45) is 85.8 Å². The van der Waals surface area contributed by atoms with E-state index in [2.05, 4.69) is 54.7 Å². The van der Waals surface area contributed by atoms with E-state index in [9.17, 15) is 79.2 Å². The zero-order valence-electron chi connectivity index (χ0n) is 78.6. The smallest absolute Gasteiger partial charge is 0.412 e. The summed E-state index contributed by atoms with van der Waals surface area (Å²) in [5, 5.41) is 89.0. The van der Waals surface area contributed by atoms with Gasteiger partial charge >= 0.3 is 6.09 Å². The highest BCUT2D eigenvalue weighted by atomic mass is 16.8. The molecule has 0 radical (unpaired) electrons. The van der Waals surface area contributed by atoms with Gasteiger partial charge in [0.1, 0.15) is 31.7 Å². The first-order valence-corrected chi connectivity index (χ1v) is 47.6. The molecule has 0 unspecified atom stereocenters. The van der Waals surface area contributed by atoms with E-state index >= 15 is 0 Å². The van der Waals surface area contributed by atoms with Gasteiger partial charge in [-0.05, 0) is 261 Å². The van der Waals surface area contributed by atoms with Gasteiger partial charge in [-0.15, -0.1) is 0 Å². The number of anilines is 3. The maximum Gasteiger partial charge on any atom is 0.412 e. The third-order valence-corrected chi connectivity index (χ3v) is 33.6. The quantitative estimate of drug-likeness (QED) is 0.0345. The number of amides is 1. The van der Waals surface area contributed by atoms with Crippen molar-refractivity contribution in [2.45, 2.75) is 211 Å². The van der Waals surface area contributed by atoms with E-state index in [0.717, 1.165) is 106 Å². The molecule has 2 aliphatic heterocycles. The van der Waals surface area contributed by atoms with Crippen LogP contribution in [0.3, 0.4) is 0 Å². The van der Waals surface area contributed by atoms with E-state index in [-0.39, 0.29) is 83.5 Å². The zero-order valence-corrected chi connectivity index (χ0v) is 78.6. The Balaban J connectivity index is 0.000000131. The fraction of sp³-hybridized carbons (Fsp3) is 0.451. The number of nitrogens with one attached hydrogen (secondary N) is 1. The van der Waals surface area contributed by atoms with Gasteiger partial charge in [0.25, 0.3) is 0 Å². The predicted molar refractivity (Wildman–Crippen MR) is 511 cm³/mol. The molecule has 14 aliphatic rings. The van der Waals surface area contributed by atoms with Gasteiger partial charge in [-0.3, -0.25) is 38.9 Å². The highest BCUT2D eigenvalue weighted by Crippen LogP contribution is 2.74. The van der Waals surface area contributed by atoms with Crippen LogP contribution >= 0.6 is 0 Å². The summed E-state index contributed by atoms with van der Waals surface area (Å²) < 4.78 is 31.7. The molecule has 26 atom stereocenters. The Morgan fingerprint density at radius 3 is 1.18 bits per heavy atom. The normalized spacial score (nSPS) is 36.4. The van der Waals surface area contributed by atoms with E-state index in [1.807, 2.05) is 169 Å². The van der Waals surface area contributed by atoms with Gasteiger partial charge in [-0.25, -0.2) is 4.79 Å². The molecule has 0 spiro atoms. The minimum absolute atomic E-state index is 0.00162. The average Bonchev–Trinajstić information content (AvgIpc) is 1.53. The molecule has 12 aliphatic carbocycles. The lowest BCUT2D eigenvalue weighted by molar-refractivity contribution is -0.201. The van der Waals surface area contributed by atoms with Gasteiger partial charge in [-0.1, -0.05) is 167 Å². The lowest BCUT2D eigenvalue weighted by atomic mass is 9.46. The number of benzene rings is 6. The number of fused-ring (bicyclic) bond motifs is 19. The van der Waals surface area contributed by atoms with Gasteiger partial charge in [0, 0.05) is 117 Å². The maximum atomic E-state index is 13.7. The molecule has 13 N–H and O–H groups in total. The fourth-order valence-electron chi connectivity index (χ4n) is 27.5. The number of carbonyl (C=O) groups is 8. The van der Waals surface area contributed by atoms with Crippen LogP contribution in [0.2, 0.25) is 0 Å². The molecule has 6 aromatic rings. The van der Waals surface area contributed by atoms with E-state index in [0.29, 0.717) is 48.3 Å². The van der Waals surface area contributed by atoms with E-state index in [1.54, 1.807) is 79.8 Å². The largest absolute Gasteiger partial charge is 0.444 e.